The Hall–Kier alpha value is -6.20. The summed E-state index contributed by atoms with van der Waals surface area (Å²) in [5, 5.41) is 2.46. The molecule has 0 aliphatic carbocycles. The Morgan fingerprint density at radius 2 is 0.983 bits per heavy atom. The maximum Gasteiger partial charge on any atom is 0.145 e. The van der Waals surface area contributed by atoms with Crippen LogP contribution >= 0.6 is 0 Å². The summed E-state index contributed by atoms with van der Waals surface area (Å²) in [6.45, 7) is 21.1. The van der Waals surface area contributed by atoms with Gasteiger partial charge in [0.15, 0.2) is 0 Å². The van der Waals surface area contributed by atoms with Gasteiger partial charge in [0.2, 0.25) is 0 Å². The molecule has 8 aromatic rings. The summed E-state index contributed by atoms with van der Waals surface area (Å²) in [4.78, 5) is 15.0. The smallest absolute Gasteiger partial charge is 0.145 e. The lowest BCUT2D eigenvalue weighted by Crippen LogP contribution is -2.33. The summed E-state index contributed by atoms with van der Waals surface area (Å²) in [6, 6.07) is 45.5. The topological polar surface area (TPSA) is 37.2 Å². The van der Waals surface area contributed by atoms with Gasteiger partial charge in [-0.05, 0) is 99.5 Å². The fourth-order valence-corrected chi connectivity index (χ4v) is 10.5. The van der Waals surface area contributed by atoms with E-state index in [4.69, 9.17) is 9.97 Å². The fourth-order valence-electron chi connectivity index (χ4n) is 10.5. The Kier molecular flexibility index (Phi) is 6.92. The molecule has 0 spiro atoms. The molecular formula is C53H49N5. The van der Waals surface area contributed by atoms with E-state index >= 15 is 0 Å². The Labute approximate surface area is 341 Å². The zero-order chi connectivity index (χ0) is 40.1. The third-order valence-corrected chi connectivity index (χ3v) is 13.8. The molecule has 0 saturated heterocycles. The van der Waals surface area contributed by atoms with Crippen molar-refractivity contribution in [3.63, 3.8) is 0 Å². The third-order valence-electron chi connectivity index (χ3n) is 13.8. The Morgan fingerprint density at radius 3 is 1.69 bits per heavy atom. The van der Waals surface area contributed by atoms with Crippen molar-refractivity contribution in [2.45, 2.75) is 84.0 Å². The van der Waals surface area contributed by atoms with Crippen molar-refractivity contribution < 1.29 is 0 Å². The van der Waals surface area contributed by atoms with E-state index in [1.165, 1.54) is 78.0 Å². The van der Waals surface area contributed by atoms with Crippen LogP contribution in [0.5, 0.6) is 0 Å². The average Bonchev–Trinajstić information content (AvgIpc) is 3.54. The van der Waals surface area contributed by atoms with Gasteiger partial charge in [-0.25, -0.2) is 9.97 Å². The third kappa shape index (κ3) is 4.53. The van der Waals surface area contributed by atoms with Crippen LogP contribution in [-0.4, -0.2) is 14.5 Å². The van der Waals surface area contributed by atoms with Gasteiger partial charge in [-0.2, -0.15) is 0 Å². The van der Waals surface area contributed by atoms with Gasteiger partial charge in [-0.3, -0.25) is 9.47 Å². The van der Waals surface area contributed by atoms with E-state index in [0.717, 1.165) is 22.8 Å². The van der Waals surface area contributed by atoms with Gasteiger partial charge < -0.3 is 4.90 Å². The van der Waals surface area contributed by atoms with Crippen LogP contribution in [0.3, 0.4) is 0 Å². The minimum atomic E-state index is -0.236. The van der Waals surface area contributed by atoms with E-state index in [-0.39, 0.29) is 21.7 Å². The molecule has 58 heavy (non-hydrogen) atoms. The first-order chi connectivity index (χ1) is 27.7. The molecule has 0 fully saturated rings. The van der Waals surface area contributed by atoms with Crippen LogP contribution < -0.4 is 9.80 Å². The van der Waals surface area contributed by atoms with Crippen molar-refractivity contribution in [3.8, 4) is 5.69 Å². The Balaban J connectivity index is 1.17. The molecule has 0 amide bonds. The van der Waals surface area contributed by atoms with Crippen molar-refractivity contribution in [2.24, 2.45) is 0 Å². The predicted octanol–water partition coefficient (Wildman–Crippen LogP) is 13.7. The maximum absolute atomic E-state index is 5.08. The first-order valence-electron chi connectivity index (χ1n) is 20.7. The average molecular weight is 756 g/mol. The lowest BCUT2D eigenvalue weighted by molar-refractivity contribution is 0.582. The minimum Gasteiger partial charge on any atom is -0.310 e. The molecule has 6 heterocycles. The predicted molar refractivity (Wildman–Crippen MR) is 241 cm³/mol. The van der Waals surface area contributed by atoms with E-state index in [2.05, 4.69) is 198 Å². The molecule has 3 aromatic heterocycles. The lowest BCUT2D eigenvalue weighted by atomic mass is 9.72. The molecule has 286 valence electrons. The van der Waals surface area contributed by atoms with Crippen LogP contribution in [0.4, 0.5) is 34.3 Å². The molecule has 11 rings (SSSR count). The summed E-state index contributed by atoms with van der Waals surface area (Å²) < 4.78 is 2.45. The van der Waals surface area contributed by atoms with E-state index in [1.807, 2.05) is 12.4 Å². The fraction of sp³-hybridized carbons (Fsp3) is 0.245. The highest BCUT2D eigenvalue weighted by atomic mass is 15.2. The number of anilines is 6. The normalized spacial score (nSPS) is 16.7. The van der Waals surface area contributed by atoms with Gasteiger partial charge in [0.05, 0.1) is 28.3 Å². The van der Waals surface area contributed by atoms with E-state index in [1.54, 1.807) is 0 Å². The molecule has 5 aromatic carbocycles. The van der Waals surface area contributed by atoms with Crippen molar-refractivity contribution in [3.05, 3.63) is 173 Å². The number of rotatable bonds is 2. The molecule has 5 nitrogen and oxygen atoms in total. The number of nitrogens with zero attached hydrogens (tertiary/aromatic N) is 5. The highest BCUT2D eigenvalue weighted by Crippen LogP contribution is 2.57. The number of benzene rings is 5. The van der Waals surface area contributed by atoms with E-state index in [9.17, 15) is 0 Å². The van der Waals surface area contributed by atoms with Gasteiger partial charge in [0, 0.05) is 56.3 Å². The highest BCUT2D eigenvalue weighted by Gasteiger charge is 2.42. The molecule has 0 atom stereocenters. The SMILES string of the molecule is CC(C)(C)c1cc2c3c(c1)c1cccnc1n3-c1cc(N3c4ccccc4C(C)(C)c4ccc(N5c6ccccc6C(C)(C)c6cccnc65)cc43)ccc1C2(C)C. The molecule has 0 radical (unpaired) electrons. The van der Waals surface area contributed by atoms with Crippen LogP contribution in [0.2, 0.25) is 0 Å². The number of hydrogen-bond acceptors (Lipinski definition) is 4. The van der Waals surface area contributed by atoms with Gasteiger partial charge in [0.25, 0.3) is 0 Å². The number of fused-ring (bicyclic) bond motifs is 9. The first-order valence-corrected chi connectivity index (χ1v) is 20.7. The minimum absolute atomic E-state index is 0.00777. The second-order valence-corrected chi connectivity index (χ2v) is 19.2. The van der Waals surface area contributed by atoms with Crippen molar-refractivity contribution in [1.29, 1.82) is 0 Å². The quantitative estimate of drug-likeness (QED) is 0.176. The monoisotopic (exact) mass is 755 g/mol. The van der Waals surface area contributed by atoms with Crippen LogP contribution in [0.1, 0.15) is 101 Å². The zero-order valence-corrected chi connectivity index (χ0v) is 34.9. The Bertz CT molecular complexity index is 3000. The zero-order valence-electron chi connectivity index (χ0n) is 34.9. The lowest BCUT2D eigenvalue weighted by Gasteiger charge is -2.44. The summed E-state index contributed by atoms with van der Waals surface area (Å²) in [5.74, 6) is 0.980. The second kappa shape index (κ2) is 11.5. The van der Waals surface area contributed by atoms with Crippen molar-refractivity contribution >= 4 is 56.2 Å². The number of aromatic nitrogens is 3. The van der Waals surface area contributed by atoms with Crippen LogP contribution in [0.15, 0.2) is 134 Å². The van der Waals surface area contributed by atoms with Crippen LogP contribution in [-0.2, 0) is 21.7 Å². The van der Waals surface area contributed by atoms with Gasteiger partial charge in [-0.1, -0.05) is 123 Å². The van der Waals surface area contributed by atoms with Crippen LogP contribution in [0, 0.1) is 0 Å². The molecule has 0 unspecified atom stereocenters. The van der Waals surface area contributed by atoms with Gasteiger partial charge in [-0.15, -0.1) is 0 Å². The van der Waals surface area contributed by atoms with E-state index < -0.39 is 0 Å². The maximum atomic E-state index is 5.08. The Morgan fingerprint density at radius 1 is 0.448 bits per heavy atom. The molecular weight excluding hydrogens is 707 g/mol. The summed E-state index contributed by atoms with van der Waals surface area (Å²) in [5.41, 5.74) is 17.7. The largest absolute Gasteiger partial charge is 0.310 e. The summed E-state index contributed by atoms with van der Waals surface area (Å²) in [6.07, 6.45) is 3.86. The number of hydrogen-bond donors (Lipinski definition) is 0. The standard InChI is InChI=1S/C53H49N5/c1-50(2,3)32-28-36-35-16-14-26-54-48(35)58-46-30-33(22-24-40(46)53(8,9)42(29-32)47(36)58)56-43-20-12-10-17-37(43)51(4,5)39-25-23-34(31-45(39)56)57-44-21-13-11-18-38(44)52(6,7)41-19-15-27-55-49(41)57/h10-31H,1-9H3. The molecule has 0 bridgehead atoms. The van der Waals surface area contributed by atoms with Crippen molar-refractivity contribution in [1.82, 2.24) is 14.5 Å². The van der Waals surface area contributed by atoms with Gasteiger partial charge in [0.1, 0.15) is 11.5 Å². The number of pyridine rings is 2. The first kappa shape index (κ1) is 35.0. The molecule has 3 aliphatic heterocycles. The molecule has 0 N–H and O–H groups in total. The molecule has 0 saturated carbocycles. The van der Waals surface area contributed by atoms with Crippen LogP contribution in [0.25, 0.3) is 27.6 Å². The second-order valence-electron chi connectivity index (χ2n) is 19.2. The van der Waals surface area contributed by atoms with Gasteiger partial charge >= 0.3 is 0 Å². The van der Waals surface area contributed by atoms with E-state index in [0.29, 0.717) is 0 Å². The number of para-hydroxylation sites is 2. The highest BCUT2D eigenvalue weighted by molar-refractivity contribution is 6.11. The molecule has 5 heteroatoms. The summed E-state index contributed by atoms with van der Waals surface area (Å²) >= 11 is 0. The summed E-state index contributed by atoms with van der Waals surface area (Å²) in [7, 11) is 0. The van der Waals surface area contributed by atoms with Crippen molar-refractivity contribution in [2.75, 3.05) is 9.80 Å². The molecule has 3 aliphatic rings.